The van der Waals surface area contributed by atoms with Crippen LogP contribution < -0.4 is 0 Å². The highest BCUT2D eigenvalue weighted by Crippen LogP contribution is 2.64. The Bertz CT molecular complexity index is 2710. The van der Waals surface area contributed by atoms with Crippen molar-refractivity contribution in [1.29, 1.82) is 0 Å². The molecule has 0 fully saturated rings. The maximum absolute atomic E-state index is 5.20. The largest absolute Gasteiger partial charge is 0.212 e. The zero-order chi connectivity index (χ0) is 32.8. The van der Waals surface area contributed by atoms with Gasteiger partial charge in [-0.3, -0.25) is 0 Å². The van der Waals surface area contributed by atoms with Gasteiger partial charge in [0.2, 0.25) is 0 Å². The third-order valence-corrected chi connectivity index (χ3v) is 12.1. The molecule has 50 heavy (non-hydrogen) atoms. The number of rotatable bonds is 3. The Balaban J connectivity index is 1.22. The Hall–Kier alpha value is -5.97. The number of aromatic nitrogens is 3. The molecule has 11 rings (SSSR count). The van der Waals surface area contributed by atoms with Gasteiger partial charge in [0.15, 0.2) is 11.6 Å². The highest BCUT2D eigenvalue weighted by atomic mass is 32.1. The van der Waals surface area contributed by atoms with Crippen molar-refractivity contribution >= 4 is 31.5 Å². The zero-order valence-corrected chi connectivity index (χ0v) is 27.9. The molecule has 234 valence electrons. The highest BCUT2D eigenvalue weighted by molar-refractivity contribution is 7.26. The van der Waals surface area contributed by atoms with Gasteiger partial charge in [-0.1, -0.05) is 146 Å². The average molecular weight is 656 g/mol. The fourth-order valence-corrected chi connectivity index (χ4v) is 9.98. The summed E-state index contributed by atoms with van der Waals surface area (Å²) in [6.07, 6.45) is 9.45. The van der Waals surface area contributed by atoms with Gasteiger partial charge < -0.3 is 0 Å². The van der Waals surface area contributed by atoms with E-state index in [4.69, 9.17) is 15.0 Å². The van der Waals surface area contributed by atoms with Gasteiger partial charge in [-0.15, -0.1) is 11.3 Å². The van der Waals surface area contributed by atoms with Crippen molar-refractivity contribution in [2.45, 2.75) is 17.8 Å². The lowest BCUT2D eigenvalue weighted by atomic mass is 9.70. The molecule has 6 aromatic carbocycles. The van der Waals surface area contributed by atoms with E-state index < -0.39 is 5.41 Å². The lowest BCUT2D eigenvalue weighted by Crippen LogP contribution is -2.25. The molecule has 3 aliphatic rings. The summed E-state index contributed by atoms with van der Waals surface area (Å²) < 4.78 is 2.67. The standard InChI is InChI=1S/C46H29N3S/c1-3-13-28(14-4-1)43-47-44(29-15-5-2-6-16-29)49-45(48-43)30-23-24-35-39(27-30)46(36-20-10-7-17-31(36)32-18-8-11-21-37(32)46)38-26-25-34-33-19-9-12-22-40(33)50-42(34)41(35)38/h1-15,17-27,29H,16H2. The number of hydrogen-bond donors (Lipinski definition) is 0. The van der Waals surface area contributed by atoms with E-state index in [1.54, 1.807) is 0 Å². The van der Waals surface area contributed by atoms with Crippen LogP contribution in [0.2, 0.25) is 0 Å². The second kappa shape index (κ2) is 10.5. The van der Waals surface area contributed by atoms with Gasteiger partial charge in [0.1, 0.15) is 5.82 Å². The molecule has 0 saturated carbocycles. The van der Waals surface area contributed by atoms with Crippen LogP contribution in [-0.4, -0.2) is 15.0 Å². The average Bonchev–Trinajstić information content (AvgIpc) is 3.82. The maximum atomic E-state index is 5.20. The van der Waals surface area contributed by atoms with Crippen molar-refractivity contribution in [3.63, 3.8) is 0 Å². The van der Waals surface area contributed by atoms with E-state index in [0.29, 0.717) is 11.6 Å². The van der Waals surface area contributed by atoms with E-state index in [1.165, 1.54) is 64.7 Å². The van der Waals surface area contributed by atoms with E-state index in [9.17, 15) is 0 Å². The molecule has 3 nitrogen and oxygen atoms in total. The van der Waals surface area contributed by atoms with Crippen LogP contribution in [0.25, 0.3) is 65.2 Å². The third-order valence-electron chi connectivity index (χ3n) is 10.9. The molecule has 2 aromatic heterocycles. The summed E-state index contributed by atoms with van der Waals surface area (Å²) in [5.41, 5.74) is 12.1. The van der Waals surface area contributed by atoms with Crippen molar-refractivity contribution in [2.24, 2.45) is 0 Å². The van der Waals surface area contributed by atoms with E-state index in [-0.39, 0.29) is 5.92 Å². The molecular formula is C46H29N3S. The molecule has 0 saturated heterocycles. The Morgan fingerprint density at radius 2 is 1.26 bits per heavy atom. The quantitative estimate of drug-likeness (QED) is 0.190. The minimum atomic E-state index is -0.465. The normalized spacial score (nSPS) is 16.1. The van der Waals surface area contributed by atoms with Crippen LogP contribution in [0, 0.1) is 0 Å². The van der Waals surface area contributed by atoms with Gasteiger partial charge in [0.05, 0.1) is 5.41 Å². The molecule has 1 spiro atoms. The van der Waals surface area contributed by atoms with Crippen molar-refractivity contribution in [2.75, 3.05) is 0 Å². The molecular weight excluding hydrogens is 627 g/mol. The van der Waals surface area contributed by atoms with Crippen LogP contribution in [0.15, 0.2) is 158 Å². The summed E-state index contributed by atoms with van der Waals surface area (Å²) in [6, 6.07) is 48.8. The van der Waals surface area contributed by atoms with Gasteiger partial charge >= 0.3 is 0 Å². The SMILES string of the molecule is C1=CCC(c2nc(-c3ccccc3)nc(-c3ccc4c(c3)C3(c5ccccc5-c5ccccc53)c3ccc5c(sc6ccccc65)c3-4)n2)C=C1. The number of allylic oxidation sites excluding steroid dienone is 4. The summed E-state index contributed by atoms with van der Waals surface area (Å²) in [4.78, 5) is 15.4. The van der Waals surface area contributed by atoms with Gasteiger partial charge in [-0.05, 0) is 57.5 Å². The molecule has 0 aliphatic heterocycles. The maximum Gasteiger partial charge on any atom is 0.163 e. The number of thiophene rings is 1. The van der Waals surface area contributed by atoms with Crippen molar-refractivity contribution < 1.29 is 0 Å². The van der Waals surface area contributed by atoms with Crippen LogP contribution in [-0.2, 0) is 5.41 Å². The molecule has 3 aliphatic carbocycles. The predicted octanol–water partition coefficient (Wildman–Crippen LogP) is 11.5. The first-order valence-corrected chi connectivity index (χ1v) is 18.0. The fourth-order valence-electron chi connectivity index (χ4n) is 8.72. The van der Waals surface area contributed by atoms with Gasteiger partial charge in [-0.25, -0.2) is 15.0 Å². The van der Waals surface area contributed by atoms with E-state index in [2.05, 4.69) is 140 Å². The van der Waals surface area contributed by atoms with Crippen LogP contribution >= 0.6 is 11.3 Å². The number of nitrogens with zero attached hydrogens (tertiary/aromatic N) is 3. The Kier molecular flexibility index (Phi) is 5.87. The molecule has 2 heterocycles. The van der Waals surface area contributed by atoms with Gasteiger partial charge in [0, 0.05) is 42.8 Å². The molecule has 4 heteroatoms. The van der Waals surface area contributed by atoms with Crippen molar-refractivity contribution in [1.82, 2.24) is 15.0 Å². The van der Waals surface area contributed by atoms with Crippen molar-refractivity contribution in [3.8, 4) is 45.0 Å². The minimum Gasteiger partial charge on any atom is -0.212 e. The van der Waals surface area contributed by atoms with Crippen LogP contribution in [0.4, 0.5) is 0 Å². The summed E-state index contributed by atoms with van der Waals surface area (Å²) in [7, 11) is 0. The number of benzene rings is 6. The monoisotopic (exact) mass is 655 g/mol. The van der Waals surface area contributed by atoms with Crippen LogP contribution in [0.5, 0.6) is 0 Å². The molecule has 0 bridgehead atoms. The van der Waals surface area contributed by atoms with E-state index in [0.717, 1.165) is 23.4 Å². The minimum absolute atomic E-state index is 0.101. The fraction of sp³-hybridized carbons (Fsp3) is 0.0652. The van der Waals surface area contributed by atoms with E-state index >= 15 is 0 Å². The second-order valence-electron chi connectivity index (χ2n) is 13.4. The predicted molar refractivity (Wildman–Crippen MR) is 206 cm³/mol. The number of hydrogen-bond acceptors (Lipinski definition) is 4. The summed E-state index contributed by atoms with van der Waals surface area (Å²) in [6.45, 7) is 0. The summed E-state index contributed by atoms with van der Waals surface area (Å²) >= 11 is 1.91. The molecule has 8 aromatic rings. The lowest BCUT2D eigenvalue weighted by Gasteiger charge is -2.30. The Morgan fingerprint density at radius 1 is 0.540 bits per heavy atom. The van der Waals surface area contributed by atoms with Gasteiger partial charge in [-0.2, -0.15) is 0 Å². The zero-order valence-electron chi connectivity index (χ0n) is 27.0. The topological polar surface area (TPSA) is 38.7 Å². The Morgan fingerprint density at radius 3 is 2.04 bits per heavy atom. The second-order valence-corrected chi connectivity index (χ2v) is 14.5. The van der Waals surface area contributed by atoms with Crippen LogP contribution in [0.1, 0.15) is 40.4 Å². The Labute approximate surface area is 294 Å². The number of fused-ring (bicyclic) bond motifs is 14. The lowest BCUT2D eigenvalue weighted by molar-refractivity contribution is 0.763. The van der Waals surface area contributed by atoms with E-state index in [1.807, 2.05) is 29.5 Å². The smallest absolute Gasteiger partial charge is 0.163 e. The summed E-state index contributed by atoms with van der Waals surface area (Å²) in [5, 5.41) is 2.64. The molecule has 0 amide bonds. The van der Waals surface area contributed by atoms with Crippen LogP contribution in [0.3, 0.4) is 0 Å². The molecule has 0 radical (unpaired) electrons. The van der Waals surface area contributed by atoms with Crippen molar-refractivity contribution in [3.05, 3.63) is 186 Å². The third kappa shape index (κ3) is 3.77. The van der Waals surface area contributed by atoms with Gasteiger partial charge in [0.25, 0.3) is 0 Å². The first-order valence-electron chi connectivity index (χ1n) is 17.2. The summed E-state index contributed by atoms with van der Waals surface area (Å²) in [5.74, 6) is 2.31. The molecule has 0 N–H and O–H groups in total. The molecule has 1 atom stereocenters. The molecule has 1 unspecified atom stereocenters. The first kappa shape index (κ1) is 27.9. The highest BCUT2D eigenvalue weighted by Gasteiger charge is 2.52. The first-order chi connectivity index (χ1) is 24.8.